The van der Waals surface area contributed by atoms with Crippen LogP contribution in [0, 0.1) is 36.9 Å². The van der Waals surface area contributed by atoms with Crippen molar-refractivity contribution in [3.05, 3.63) is 64.6 Å². The summed E-state index contributed by atoms with van der Waals surface area (Å²) in [5, 5.41) is 11.9. The number of ketones is 1. The summed E-state index contributed by atoms with van der Waals surface area (Å²) in [5.74, 6) is -3.13. The molecule has 0 bridgehead atoms. The lowest BCUT2D eigenvalue weighted by atomic mass is 9.99. The number of hydrogen-bond acceptors (Lipinski definition) is 6. The van der Waals surface area contributed by atoms with Gasteiger partial charge in [-0.3, -0.25) is 14.3 Å². The molecule has 0 saturated heterocycles. The summed E-state index contributed by atoms with van der Waals surface area (Å²) in [4.78, 5) is 26.0. The van der Waals surface area contributed by atoms with Gasteiger partial charge in [-0.15, -0.1) is 0 Å². The van der Waals surface area contributed by atoms with Gasteiger partial charge in [0, 0.05) is 13.5 Å². The van der Waals surface area contributed by atoms with E-state index >= 15 is 0 Å². The second-order valence-electron chi connectivity index (χ2n) is 8.15. The van der Waals surface area contributed by atoms with Gasteiger partial charge >= 0.3 is 0 Å². The number of sulfonamides is 1. The molecule has 180 valence electrons. The molecular formula is C24H27FN4O4S. The Kier molecular flexibility index (Phi) is 8.68. The Morgan fingerprint density at radius 1 is 1.18 bits per heavy atom. The second-order valence-corrected chi connectivity index (χ2v) is 9.84. The highest BCUT2D eigenvalue weighted by Crippen LogP contribution is 2.23. The Hall–Kier alpha value is -3.55. The van der Waals surface area contributed by atoms with Gasteiger partial charge in [0.2, 0.25) is 5.91 Å². The predicted octanol–water partition coefficient (Wildman–Crippen LogP) is 2.99. The molecule has 2 N–H and O–H groups in total. The first kappa shape index (κ1) is 26.7. The molecule has 0 aliphatic heterocycles. The van der Waals surface area contributed by atoms with E-state index in [-0.39, 0.29) is 28.4 Å². The maximum Gasteiger partial charge on any atom is 0.262 e. The predicted molar refractivity (Wildman–Crippen MR) is 128 cm³/mol. The molecule has 2 aromatic carbocycles. The van der Waals surface area contributed by atoms with Crippen LogP contribution in [0.5, 0.6) is 0 Å². The van der Waals surface area contributed by atoms with E-state index in [1.165, 1.54) is 31.2 Å². The largest absolute Gasteiger partial charge is 0.324 e. The Labute approximate surface area is 199 Å². The number of anilines is 1. The number of hydrogen-bond donors (Lipinski definition) is 2. The van der Waals surface area contributed by atoms with E-state index in [1.807, 2.05) is 6.07 Å². The summed E-state index contributed by atoms with van der Waals surface area (Å²) in [6.07, 6.45) is 1.20. The molecule has 0 saturated carbocycles. The summed E-state index contributed by atoms with van der Waals surface area (Å²) in [7, 11) is -0.815. The van der Waals surface area contributed by atoms with Crippen LogP contribution in [0.3, 0.4) is 0 Å². The van der Waals surface area contributed by atoms with E-state index < -0.39 is 33.4 Å². The third kappa shape index (κ3) is 6.97. The smallest absolute Gasteiger partial charge is 0.262 e. The topological polar surface area (TPSA) is 119 Å². The van der Waals surface area contributed by atoms with Crippen molar-refractivity contribution in [2.24, 2.45) is 5.92 Å². The van der Waals surface area contributed by atoms with Crippen LogP contribution in [-0.4, -0.2) is 45.6 Å². The zero-order valence-electron chi connectivity index (χ0n) is 19.6. The Morgan fingerprint density at radius 2 is 1.79 bits per heavy atom. The zero-order valence-corrected chi connectivity index (χ0v) is 20.5. The van der Waals surface area contributed by atoms with Gasteiger partial charge in [-0.25, -0.2) is 12.8 Å². The molecule has 0 spiro atoms. The Balaban J connectivity index is 2.59. The van der Waals surface area contributed by atoms with Crippen molar-refractivity contribution in [1.29, 1.82) is 5.26 Å². The molecule has 0 heterocycles. The van der Waals surface area contributed by atoms with Crippen LogP contribution in [0.4, 0.5) is 10.1 Å². The molecule has 1 unspecified atom stereocenters. The fourth-order valence-electron chi connectivity index (χ4n) is 3.10. The molecular weight excluding hydrogens is 459 g/mol. The maximum atomic E-state index is 14.6. The lowest BCUT2D eigenvalue weighted by molar-refractivity contribution is -0.118. The molecule has 1 amide bonds. The van der Waals surface area contributed by atoms with Gasteiger partial charge in [-0.1, -0.05) is 17.7 Å². The number of nitrogens with one attached hydrogen (secondary N) is 2. The van der Waals surface area contributed by atoms with E-state index in [9.17, 15) is 27.7 Å². The van der Waals surface area contributed by atoms with Gasteiger partial charge in [0.15, 0.2) is 5.78 Å². The molecule has 0 radical (unpaired) electrons. The van der Waals surface area contributed by atoms with Crippen molar-refractivity contribution in [3.63, 3.8) is 0 Å². The monoisotopic (exact) mass is 486 g/mol. The van der Waals surface area contributed by atoms with Crippen LogP contribution >= 0.6 is 0 Å². The van der Waals surface area contributed by atoms with Gasteiger partial charge in [0.1, 0.15) is 11.7 Å². The van der Waals surface area contributed by atoms with E-state index in [0.717, 1.165) is 11.6 Å². The molecule has 0 fully saturated rings. The quantitative estimate of drug-likeness (QED) is 0.526. The van der Waals surface area contributed by atoms with Crippen LogP contribution in [0.25, 0.3) is 6.08 Å². The van der Waals surface area contributed by atoms with Gasteiger partial charge in [-0.2, -0.15) is 5.26 Å². The van der Waals surface area contributed by atoms with E-state index in [4.69, 9.17) is 0 Å². The minimum absolute atomic E-state index is 0.0437. The number of allylic oxidation sites excluding steroid dienone is 1. The van der Waals surface area contributed by atoms with Gasteiger partial charge in [-0.05, 0) is 69.4 Å². The number of amides is 1. The average Bonchev–Trinajstić information content (AvgIpc) is 2.74. The third-order valence-corrected chi connectivity index (χ3v) is 6.21. The van der Waals surface area contributed by atoms with Gasteiger partial charge in [0.05, 0.1) is 22.3 Å². The van der Waals surface area contributed by atoms with Crippen LogP contribution < -0.4 is 10.0 Å². The zero-order chi connectivity index (χ0) is 25.6. The summed E-state index contributed by atoms with van der Waals surface area (Å²) in [5.41, 5.74) is 1.13. The van der Waals surface area contributed by atoms with Crippen molar-refractivity contribution >= 4 is 33.5 Å². The number of rotatable bonds is 9. The summed E-state index contributed by atoms with van der Waals surface area (Å²) >= 11 is 0. The molecule has 0 aromatic heterocycles. The molecule has 0 aliphatic carbocycles. The Bertz CT molecular complexity index is 1260. The number of nitriles is 1. The fourth-order valence-corrected chi connectivity index (χ4v) is 4.16. The van der Waals surface area contributed by atoms with Gasteiger partial charge in [0.25, 0.3) is 10.0 Å². The molecule has 0 aliphatic rings. The SMILES string of the molecule is CC(=O)Nc1cc(C)c(/C=C(\NS(=O)(=O)c2ccc(C)cc2)C(=O)C(C#N)CN(C)C)cc1F. The van der Waals surface area contributed by atoms with Crippen LogP contribution in [0.1, 0.15) is 23.6 Å². The van der Waals surface area contributed by atoms with Crippen LogP contribution in [0.15, 0.2) is 47.0 Å². The molecule has 2 rings (SSSR count). The van der Waals surface area contributed by atoms with E-state index in [1.54, 1.807) is 45.0 Å². The van der Waals surface area contributed by atoms with Crippen LogP contribution in [0.2, 0.25) is 0 Å². The van der Waals surface area contributed by atoms with E-state index in [0.29, 0.717) is 5.56 Å². The highest BCUT2D eigenvalue weighted by Gasteiger charge is 2.27. The number of nitrogens with zero attached hydrogens (tertiary/aromatic N) is 2. The molecule has 1 atom stereocenters. The van der Waals surface area contributed by atoms with Crippen LogP contribution in [-0.2, 0) is 19.6 Å². The normalized spacial score (nSPS) is 12.7. The number of halogens is 1. The number of aryl methyl sites for hydroxylation is 2. The average molecular weight is 487 g/mol. The minimum Gasteiger partial charge on any atom is -0.324 e. The van der Waals surface area contributed by atoms with Crippen molar-refractivity contribution in [3.8, 4) is 6.07 Å². The molecule has 2 aromatic rings. The summed E-state index contributed by atoms with van der Waals surface area (Å²) < 4.78 is 42.8. The fraction of sp³-hybridized carbons (Fsp3) is 0.292. The van der Waals surface area contributed by atoms with Gasteiger partial charge < -0.3 is 10.2 Å². The lowest BCUT2D eigenvalue weighted by Crippen LogP contribution is -2.34. The Morgan fingerprint density at radius 3 is 2.32 bits per heavy atom. The van der Waals surface area contributed by atoms with Crippen molar-refractivity contribution < 1.29 is 22.4 Å². The number of carbonyl (C=O) groups excluding carboxylic acids is 2. The summed E-state index contributed by atoms with van der Waals surface area (Å²) in [6.45, 7) is 4.73. The first-order valence-corrected chi connectivity index (χ1v) is 11.8. The van der Waals surface area contributed by atoms with Crippen molar-refractivity contribution in [1.82, 2.24) is 9.62 Å². The molecule has 10 heteroatoms. The minimum atomic E-state index is -4.17. The van der Waals surface area contributed by atoms with Crippen molar-refractivity contribution in [2.75, 3.05) is 26.0 Å². The first-order valence-electron chi connectivity index (χ1n) is 10.3. The maximum absolute atomic E-state index is 14.6. The lowest BCUT2D eigenvalue weighted by Gasteiger charge is -2.18. The second kappa shape index (κ2) is 11.0. The summed E-state index contributed by atoms with van der Waals surface area (Å²) in [6, 6.07) is 10.4. The van der Waals surface area contributed by atoms with E-state index in [2.05, 4.69) is 10.0 Å². The third-order valence-electron chi connectivity index (χ3n) is 4.83. The number of Topliss-reactive ketones (excluding diaryl/α,β-unsaturated/α-hetero) is 1. The molecule has 8 nitrogen and oxygen atoms in total. The number of carbonyl (C=O) groups is 2. The molecule has 34 heavy (non-hydrogen) atoms. The van der Waals surface area contributed by atoms with Crippen molar-refractivity contribution in [2.45, 2.75) is 25.7 Å². The standard InChI is InChI=1S/C24H27FN4O4S/c1-15-6-8-20(9-7-15)34(32,33)28-23(24(31)19(13-26)14-29(4)5)12-18-11-21(25)22(10-16(18)2)27-17(3)30/h6-12,19,28H,14H2,1-5H3,(H,27,30)/b23-12-. The first-order chi connectivity index (χ1) is 15.8. The number of benzene rings is 2. The highest BCUT2D eigenvalue weighted by molar-refractivity contribution is 7.89. The highest BCUT2D eigenvalue weighted by atomic mass is 32.2.